The Bertz CT molecular complexity index is 1190. The van der Waals surface area contributed by atoms with E-state index in [0.29, 0.717) is 23.0 Å². The molecule has 3 rings (SSSR count). The highest BCUT2D eigenvalue weighted by molar-refractivity contribution is 8.18. The number of hydrogen-bond acceptors (Lipinski definition) is 8. The summed E-state index contributed by atoms with van der Waals surface area (Å²) in [4.78, 5) is 49.8. The number of nitrogens with zero attached hydrogens (tertiary/aromatic N) is 1. The highest BCUT2D eigenvalue weighted by atomic mass is 35.5. The van der Waals surface area contributed by atoms with Crippen LogP contribution in [0.2, 0.25) is 5.02 Å². The van der Waals surface area contributed by atoms with Crippen molar-refractivity contribution in [2.24, 2.45) is 0 Å². The zero-order chi connectivity index (χ0) is 25.5. The predicted molar refractivity (Wildman–Crippen MR) is 128 cm³/mol. The molecule has 9 nitrogen and oxygen atoms in total. The Hall–Kier alpha value is -3.57. The molecular formula is C23H20ClFN2O7S. The van der Waals surface area contributed by atoms with Crippen LogP contribution < -0.4 is 14.8 Å². The maximum Gasteiger partial charge on any atom is 0.344 e. The van der Waals surface area contributed by atoms with Crippen LogP contribution in [0, 0.1) is 5.82 Å². The summed E-state index contributed by atoms with van der Waals surface area (Å²) in [6, 6.07) is 8.05. The maximum atomic E-state index is 13.0. The first kappa shape index (κ1) is 26.0. The van der Waals surface area contributed by atoms with Crippen LogP contribution in [0.25, 0.3) is 6.08 Å². The Kier molecular flexibility index (Phi) is 8.72. The molecule has 12 heteroatoms. The lowest BCUT2D eigenvalue weighted by Crippen LogP contribution is -2.36. The lowest BCUT2D eigenvalue weighted by atomic mass is 10.1. The first-order chi connectivity index (χ1) is 16.7. The van der Waals surface area contributed by atoms with Gasteiger partial charge in [-0.05, 0) is 66.7 Å². The molecule has 0 saturated carbocycles. The van der Waals surface area contributed by atoms with E-state index in [1.807, 2.05) is 0 Å². The Morgan fingerprint density at radius 3 is 2.57 bits per heavy atom. The summed E-state index contributed by atoms with van der Waals surface area (Å²) in [7, 11) is 1.38. The maximum absolute atomic E-state index is 13.0. The first-order valence-electron chi connectivity index (χ1n) is 10.2. The van der Waals surface area contributed by atoms with E-state index in [2.05, 4.69) is 5.32 Å². The summed E-state index contributed by atoms with van der Waals surface area (Å²) < 4.78 is 28.5. The number of methoxy groups -OCH3 is 1. The van der Waals surface area contributed by atoms with E-state index in [4.69, 9.17) is 25.8 Å². The quantitative estimate of drug-likeness (QED) is 0.387. The number of carbonyl (C=O) groups is 4. The van der Waals surface area contributed by atoms with Gasteiger partial charge < -0.3 is 19.5 Å². The van der Waals surface area contributed by atoms with Gasteiger partial charge in [0.1, 0.15) is 12.4 Å². The van der Waals surface area contributed by atoms with Crippen molar-refractivity contribution in [3.8, 4) is 11.5 Å². The largest absolute Gasteiger partial charge is 0.493 e. The van der Waals surface area contributed by atoms with E-state index in [-0.39, 0.29) is 34.6 Å². The molecule has 1 saturated heterocycles. The Morgan fingerprint density at radius 1 is 1.20 bits per heavy atom. The van der Waals surface area contributed by atoms with Gasteiger partial charge in [-0.15, -0.1) is 0 Å². The van der Waals surface area contributed by atoms with Crippen molar-refractivity contribution in [2.45, 2.75) is 6.92 Å². The van der Waals surface area contributed by atoms with Crippen LogP contribution in [0.5, 0.6) is 11.5 Å². The SMILES string of the molecule is CCOC(=O)COc1c(Cl)cc(/C=C2\SC(=O)N(CC(=O)Nc3ccc(F)cc3)C2=O)cc1OC. The van der Waals surface area contributed by atoms with Gasteiger partial charge >= 0.3 is 5.97 Å². The predicted octanol–water partition coefficient (Wildman–Crippen LogP) is 4.10. The third-order valence-electron chi connectivity index (χ3n) is 4.49. The van der Waals surface area contributed by atoms with Crippen molar-refractivity contribution >= 4 is 58.1 Å². The number of halogens is 2. The number of nitrogens with one attached hydrogen (secondary N) is 1. The fourth-order valence-electron chi connectivity index (χ4n) is 2.96. The van der Waals surface area contributed by atoms with Crippen LogP contribution in [-0.4, -0.2) is 54.8 Å². The van der Waals surface area contributed by atoms with Gasteiger partial charge in [-0.25, -0.2) is 9.18 Å². The number of anilines is 1. The normalized spacial score (nSPS) is 14.3. The number of ether oxygens (including phenoxy) is 3. The van der Waals surface area contributed by atoms with Gasteiger partial charge in [-0.1, -0.05) is 11.6 Å². The van der Waals surface area contributed by atoms with Crippen LogP contribution in [0.4, 0.5) is 14.9 Å². The average Bonchev–Trinajstić information content (AvgIpc) is 3.07. The van der Waals surface area contributed by atoms with Gasteiger partial charge in [0.25, 0.3) is 11.1 Å². The molecule has 2 aromatic rings. The number of esters is 1. The minimum absolute atomic E-state index is 0.0721. The highest BCUT2D eigenvalue weighted by Crippen LogP contribution is 2.39. The summed E-state index contributed by atoms with van der Waals surface area (Å²) in [6.07, 6.45) is 1.42. The standard InChI is InChI=1S/C23H20ClFN2O7S/c1-3-33-20(29)12-34-21-16(24)8-13(9-17(21)32-2)10-18-22(30)27(23(31)35-18)11-19(28)26-15-6-4-14(25)5-7-15/h4-10H,3,11-12H2,1-2H3,(H,26,28)/b18-10-. The molecule has 1 aliphatic rings. The second-order valence-electron chi connectivity index (χ2n) is 6.95. The number of thioether (sulfide) groups is 1. The van der Waals surface area contributed by atoms with Crippen molar-refractivity contribution in [3.63, 3.8) is 0 Å². The van der Waals surface area contributed by atoms with Crippen molar-refractivity contribution in [3.05, 3.63) is 57.7 Å². The molecule has 2 aromatic carbocycles. The Morgan fingerprint density at radius 2 is 1.91 bits per heavy atom. The molecular weight excluding hydrogens is 503 g/mol. The van der Waals surface area contributed by atoms with Crippen LogP contribution in [0.3, 0.4) is 0 Å². The van der Waals surface area contributed by atoms with Crippen LogP contribution in [0.1, 0.15) is 12.5 Å². The summed E-state index contributed by atoms with van der Waals surface area (Å²) in [5.74, 6) is -2.00. The fraction of sp³-hybridized carbons (Fsp3) is 0.217. The number of rotatable bonds is 9. The van der Waals surface area contributed by atoms with Crippen LogP contribution in [-0.2, 0) is 19.1 Å². The van der Waals surface area contributed by atoms with Crippen LogP contribution >= 0.6 is 23.4 Å². The number of benzene rings is 2. The van der Waals surface area contributed by atoms with E-state index in [0.717, 1.165) is 4.90 Å². The van der Waals surface area contributed by atoms with E-state index < -0.39 is 35.4 Å². The van der Waals surface area contributed by atoms with Crippen molar-refractivity contribution in [1.29, 1.82) is 0 Å². The molecule has 1 heterocycles. The van der Waals surface area contributed by atoms with E-state index >= 15 is 0 Å². The zero-order valence-electron chi connectivity index (χ0n) is 18.6. The topological polar surface area (TPSA) is 111 Å². The molecule has 0 bridgehead atoms. The van der Waals surface area contributed by atoms with Gasteiger partial charge in [-0.3, -0.25) is 19.3 Å². The van der Waals surface area contributed by atoms with Gasteiger partial charge in [0.05, 0.1) is 23.6 Å². The summed E-state index contributed by atoms with van der Waals surface area (Å²) in [5, 5.41) is 1.98. The molecule has 0 aromatic heterocycles. The van der Waals surface area contributed by atoms with Crippen molar-refractivity contribution < 1.29 is 37.8 Å². The van der Waals surface area contributed by atoms with E-state index in [1.54, 1.807) is 6.92 Å². The van der Waals surface area contributed by atoms with Gasteiger partial charge in [0.15, 0.2) is 18.1 Å². The van der Waals surface area contributed by atoms with Gasteiger partial charge in [0.2, 0.25) is 5.91 Å². The first-order valence-corrected chi connectivity index (χ1v) is 11.4. The second kappa shape index (κ2) is 11.7. The number of carbonyl (C=O) groups excluding carboxylic acids is 4. The lowest BCUT2D eigenvalue weighted by molar-refractivity contribution is -0.145. The van der Waals surface area contributed by atoms with Gasteiger partial charge in [-0.2, -0.15) is 0 Å². The molecule has 35 heavy (non-hydrogen) atoms. The zero-order valence-corrected chi connectivity index (χ0v) is 20.2. The number of imide groups is 1. The number of hydrogen-bond donors (Lipinski definition) is 1. The summed E-state index contributed by atoms with van der Waals surface area (Å²) >= 11 is 6.94. The minimum Gasteiger partial charge on any atom is -0.493 e. The fourth-order valence-corrected chi connectivity index (χ4v) is 4.07. The lowest BCUT2D eigenvalue weighted by Gasteiger charge is -2.13. The molecule has 1 fully saturated rings. The third-order valence-corrected chi connectivity index (χ3v) is 5.68. The molecule has 0 radical (unpaired) electrons. The summed E-state index contributed by atoms with van der Waals surface area (Å²) in [5.41, 5.74) is 0.752. The summed E-state index contributed by atoms with van der Waals surface area (Å²) in [6.45, 7) is 0.987. The Labute approximate surface area is 209 Å². The van der Waals surface area contributed by atoms with Crippen molar-refractivity contribution in [2.75, 3.05) is 32.2 Å². The molecule has 0 atom stereocenters. The third kappa shape index (κ3) is 6.74. The van der Waals surface area contributed by atoms with Crippen LogP contribution in [0.15, 0.2) is 41.3 Å². The average molecular weight is 523 g/mol. The van der Waals surface area contributed by atoms with E-state index in [9.17, 15) is 23.6 Å². The molecule has 0 aliphatic carbocycles. The Balaban J connectivity index is 1.72. The highest BCUT2D eigenvalue weighted by Gasteiger charge is 2.36. The minimum atomic E-state index is -0.660. The monoisotopic (exact) mass is 522 g/mol. The van der Waals surface area contributed by atoms with Crippen molar-refractivity contribution in [1.82, 2.24) is 4.90 Å². The van der Waals surface area contributed by atoms with Gasteiger partial charge in [0, 0.05) is 5.69 Å². The molecule has 1 N–H and O–H groups in total. The molecule has 0 unspecified atom stereocenters. The molecule has 3 amide bonds. The number of amides is 3. The molecule has 1 aliphatic heterocycles. The smallest absolute Gasteiger partial charge is 0.344 e. The second-order valence-corrected chi connectivity index (χ2v) is 8.35. The van der Waals surface area contributed by atoms with E-state index in [1.165, 1.54) is 49.6 Å². The molecule has 0 spiro atoms. The molecule has 184 valence electrons.